The van der Waals surface area contributed by atoms with Crippen LogP contribution in [-0.4, -0.2) is 70.9 Å². The van der Waals surface area contributed by atoms with Crippen LogP contribution in [0.2, 0.25) is 0 Å². The Labute approximate surface area is 109 Å². The Kier molecular flexibility index (Phi) is 6.60. The summed E-state index contributed by atoms with van der Waals surface area (Å²) < 4.78 is 0. The highest BCUT2D eigenvalue weighted by atomic mass is 16.3. The lowest BCUT2D eigenvalue weighted by Crippen LogP contribution is -2.36. The largest absolute Gasteiger partial charge is 0.395 e. The second-order valence-electron chi connectivity index (χ2n) is 5.05. The monoisotopic (exact) mass is 258 g/mol. The Balaban J connectivity index is 2.24. The van der Waals surface area contributed by atoms with Crippen molar-refractivity contribution in [1.82, 2.24) is 9.80 Å². The molecule has 0 saturated carbocycles. The molecule has 106 valence electrons. The highest BCUT2D eigenvalue weighted by Crippen LogP contribution is 2.17. The van der Waals surface area contributed by atoms with Crippen LogP contribution in [0.15, 0.2) is 0 Å². The Morgan fingerprint density at radius 3 is 2.72 bits per heavy atom. The summed E-state index contributed by atoms with van der Waals surface area (Å²) in [6, 6.07) is 0.197. The van der Waals surface area contributed by atoms with Gasteiger partial charge in [-0.05, 0) is 32.9 Å². The molecule has 0 aromatic carbocycles. The van der Waals surface area contributed by atoms with E-state index in [0.717, 1.165) is 25.9 Å². The predicted octanol–water partition coefficient (Wildman–Crippen LogP) is 0.0625. The topological polar surface area (TPSA) is 64.0 Å². The van der Waals surface area contributed by atoms with Gasteiger partial charge in [0, 0.05) is 19.1 Å². The highest BCUT2D eigenvalue weighted by molar-refractivity contribution is 5.79. The summed E-state index contributed by atoms with van der Waals surface area (Å²) in [5.74, 6) is 0.0673. The van der Waals surface area contributed by atoms with E-state index in [9.17, 15) is 9.90 Å². The number of rotatable bonds is 8. The van der Waals surface area contributed by atoms with Crippen molar-refractivity contribution >= 4 is 5.91 Å². The lowest BCUT2D eigenvalue weighted by atomic mass is 10.1. The van der Waals surface area contributed by atoms with Crippen molar-refractivity contribution in [3.05, 3.63) is 0 Å². The van der Waals surface area contributed by atoms with Crippen molar-refractivity contribution in [1.29, 1.82) is 0 Å². The van der Waals surface area contributed by atoms with E-state index in [0.29, 0.717) is 13.1 Å². The Hall–Kier alpha value is -0.650. The molecule has 1 saturated heterocycles. The number of hydrogen-bond donors (Lipinski definition) is 2. The zero-order chi connectivity index (χ0) is 13.5. The Bertz CT molecular complexity index is 261. The average Bonchev–Trinajstić information content (AvgIpc) is 2.67. The lowest BCUT2D eigenvalue weighted by molar-refractivity contribution is -0.129. The number of aliphatic hydroxyl groups excluding tert-OH is 2. The molecule has 2 atom stereocenters. The smallest absolute Gasteiger partial charge is 0.225 e. The summed E-state index contributed by atoms with van der Waals surface area (Å²) in [6.45, 7) is 7.40. The van der Waals surface area contributed by atoms with Crippen LogP contribution in [-0.2, 0) is 4.79 Å². The van der Waals surface area contributed by atoms with Gasteiger partial charge in [-0.1, -0.05) is 6.92 Å². The molecule has 0 aromatic heterocycles. The van der Waals surface area contributed by atoms with Crippen LogP contribution in [0.1, 0.15) is 33.1 Å². The first-order chi connectivity index (χ1) is 8.58. The van der Waals surface area contributed by atoms with E-state index in [-0.39, 0.29) is 25.0 Å². The van der Waals surface area contributed by atoms with Crippen LogP contribution < -0.4 is 0 Å². The van der Waals surface area contributed by atoms with Crippen molar-refractivity contribution in [3.8, 4) is 0 Å². The minimum atomic E-state index is -0.485. The maximum atomic E-state index is 11.6. The summed E-state index contributed by atoms with van der Waals surface area (Å²) in [4.78, 5) is 15.6. The lowest BCUT2D eigenvalue weighted by Gasteiger charge is -2.26. The second kappa shape index (κ2) is 7.71. The number of carbonyl (C=O) groups is 1. The molecule has 1 fully saturated rings. The predicted molar refractivity (Wildman–Crippen MR) is 70.2 cm³/mol. The molecule has 2 N–H and O–H groups in total. The molecule has 5 heteroatoms. The minimum Gasteiger partial charge on any atom is -0.395 e. The molecule has 1 aliphatic rings. The molecule has 0 bridgehead atoms. The zero-order valence-corrected chi connectivity index (χ0v) is 11.5. The molecule has 1 aliphatic heterocycles. The van der Waals surface area contributed by atoms with E-state index in [1.54, 1.807) is 4.90 Å². The van der Waals surface area contributed by atoms with E-state index >= 15 is 0 Å². The maximum absolute atomic E-state index is 11.6. The first kappa shape index (κ1) is 15.4. The number of likely N-dealkylation sites (N-methyl/N-ethyl adjacent to an activating group) is 1. The van der Waals surface area contributed by atoms with Gasteiger partial charge in [0.25, 0.3) is 0 Å². The van der Waals surface area contributed by atoms with Crippen molar-refractivity contribution < 1.29 is 15.0 Å². The standard InChI is InChI=1S/C13H26N2O3/c1-3-14(7-8-16)6-4-5-11(2)15-10-12(17)9-13(15)18/h11-12,16-17H,3-10H2,1-2H3. The Morgan fingerprint density at radius 2 is 2.22 bits per heavy atom. The third-order valence-electron chi connectivity index (χ3n) is 3.63. The summed E-state index contributed by atoms with van der Waals surface area (Å²) in [6.07, 6.45) is 1.74. The zero-order valence-electron chi connectivity index (χ0n) is 11.5. The van der Waals surface area contributed by atoms with Crippen LogP contribution in [0, 0.1) is 0 Å². The van der Waals surface area contributed by atoms with Gasteiger partial charge in [0.1, 0.15) is 0 Å². The van der Waals surface area contributed by atoms with Gasteiger partial charge >= 0.3 is 0 Å². The third-order valence-corrected chi connectivity index (χ3v) is 3.63. The second-order valence-corrected chi connectivity index (χ2v) is 5.05. The molecule has 1 amide bonds. The van der Waals surface area contributed by atoms with Crippen LogP contribution in [0.3, 0.4) is 0 Å². The number of nitrogens with zero attached hydrogens (tertiary/aromatic N) is 2. The molecular weight excluding hydrogens is 232 g/mol. The molecule has 0 radical (unpaired) electrons. The number of likely N-dealkylation sites (tertiary alicyclic amines) is 1. The summed E-state index contributed by atoms with van der Waals surface area (Å²) in [5, 5.41) is 18.3. The van der Waals surface area contributed by atoms with Gasteiger partial charge in [0.2, 0.25) is 5.91 Å². The number of aliphatic hydroxyl groups is 2. The van der Waals surface area contributed by atoms with Gasteiger partial charge in [-0.25, -0.2) is 0 Å². The molecular formula is C13H26N2O3. The van der Waals surface area contributed by atoms with Gasteiger partial charge in [-0.2, -0.15) is 0 Å². The fourth-order valence-electron chi connectivity index (χ4n) is 2.47. The highest BCUT2D eigenvalue weighted by Gasteiger charge is 2.30. The first-order valence-electron chi connectivity index (χ1n) is 6.89. The van der Waals surface area contributed by atoms with E-state index in [4.69, 9.17) is 5.11 Å². The molecule has 5 nitrogen and oxygen atoms in total. The van der Waals surface area contributed by atoms with Crippen molar-refractivity contribution in [2.24, 2.45) is 0 Å². The van der Waals surface area contributed by atoms with Crippen LogP contribution in [0.4, 0.5) is 0 Å². The van der Waals surface area contributed by atoms with Gasteiger partial charge in [-0.3, -0.25) is 4.79 Å². The molecule has 1 rings (SSSR count). The third kappa shape index (κ3) is 4.55. The van der Waals surface area contributed by atoms with Crippen LogP contribution in [0.25, 0.3) is 0 Å². The fraction of sp³-hybridized carbons (Fsp3) is 0.923. The summed E-state index contributed by atoms with van der Waals surface area (Å²) in [5.41, 5.74) is 0. The maximum Gasteiger partial charge on any atom is 0.225 e. The van der Waals surface area contributed by atoms with Crippen molar-refractivity contribution in [2.75, 3.05) is 32.8 Å². The van der Waals surface area contributed by atoms with Crippen molar-refractivity contribution in [3.63, 3.8) is 0 Å². The molecule has 0 aromatic rings. The molecule has 0 spiro atoms. The molecule has 0 aliphatic carbocycles. The summed E-state index contributed by atoms with van der Waals surface area (Å²) in [7, 11) is 0. The first-order valence-corrected chi connectivity index (χ1v) is 6.89. The van der Waals surface area contributed by atoms with Gasteiger partial charge < -0.3 is 20.0 Å². The number of hydrogen-bond acceptors (Lipinski definition) is 4. The molecule has 1 heterocycles. The molecule has 2 unspecified atom stereocenters. The Morgan fingerprint density at radius 1 is 1.50 bits per heavy atom. The van der Waals surface area contributed by atoms with Crippen LogP contribution >= 0.6 is 0 Å². The average molecular weight is 258 g/mol. The number of β-amino-alcohol motifs (C(OH)–C–C–N with tert-alkyl or cyclic N) is 1. The van der Waals surface area contributed by atoms with Gasteiger partial charge in [0.05, 0.1) is 19.1 Å². The van der Waals surface area contributed by atoms with Gasteiger partial charge in [-0.15, -0.1) is 0 Å². The fourth-order valence-corrected chi connectivity index (χ4v) is 2.47. The quantitative estimate of drug-likeness (QED) is 0.646. The number of carbonyl (C=O) groups excluding carboxylic acids is 1. The normalized spacial score (nSPS) is 21.9. The van der Waals surface area contributed by atoms with E-state index in [1.807, 2.05) is 6.92 Å². The number of amides is 1. The molecule has 18 heavy (non-hydrogen) atoms. The minimum absolute atomic E-state index is 0.0673. The van der Waals surface area contributed by atoms with Crippen LogP contribution in [0.5, 0.6) is 0 Å². The SMILES string of the molecule is CCN(CCO)CCCC(C)N1CC(O)CC1=O. The van der Waals surface area contributed by atoms with Crippen molar-refractivity contribution in [2.45, 2.75) is 45.3 Å². The van der Waals surface area contributed by atoms with E-state index < -0.39 is 6.10 Å². The van der Waals surface area contributed by atoms with E-state index in [2.05, 4.69) is 11.8 Å². The van der Waals surface area contributed by atoms with E-state index in [1.165, 1.54) is 0 Å². The van der Waals surface area contributed by atoms with Gasteiger partial charge in [0.15, 0.2) is 0 Å². The summed E-state index contributed by atoms with van der Waals surface area (Å²) >= 11 is 0.